The van der Waals surface area contributed by atoms with Gasteiger partial charge < -0.3 is 5.11 Å². The molecule has 0 bridgehead atoms. The quantitative estimate of drug-likeness (QED) is 0.471. The van der Waals surface area contributed by atoms with Gasteiger partial charge in [0.1, 0.15) is 0 Å². The maximum absolute atomic E-state index is 11.0. The molecule has 6 nitrogen and oxygen atoms in total. The Hall–Kier alpha value is -0.660. The van der Waals surface area contributed by atoms with Crippen LogP contribution in [0.25, 0.3) is 0 Å². The van der Waals surface area contributed by atoms with E-state index < -0.39 is 22.0 Å². The molecule has 0 saturated carbocycles. The number of aliphatic carboxylic acids is 1. The smallest absolute Gasteiger partial charge is 0.398 e. The third-order valence-corrected chi connectivity index (χ3v) is 3.33. The van der Waals surface area contributed by atoms with Crippen molar-refractivity contribution in [1.82, 2.24) is 0 Å². The summed E-state index contributed by atoms with van der Waals surface area (Å²) >= 11 is 0. The van der Waals surface area contributed by atoms with Crippen LogP contribution in [-0.2, 0) is 19.4 Å². The van der Waals surface area contributed by atoms with E-state index in [1.807, 2.05) is 0 Å². The summed E-state index contributed by atoms with van der Waals surface area (Å²) in [6.45, 7) is 3.25. The normalized spacial score (nSPS) is 15.3. The number of carboxylic acids is 1. The minimum absolute atomic E-state index is 0.0498. The van der Waals surface area contributed by atoms with Crippen molar-refractivity contribution in [2.24, 2.45) is 0 Å². The zero-order chi connectivity index (χ0) is 14.2. The molecule has 2 N–H and O–H groups in total. The summed E-state index contributed by atoms with van der Waals surface area (Å²) < 4.78 is 34.0. The van der Waals surface area contributed by atoms with Crippen molar-refractivity contribution in [3.63, 3.8) is 0 Å². The molecule has 0 saturated heterocycles. The van der Waals surface area contributed by atoms with Gasteiger partial charge in [0.2, 0.25) is 0 Å². The van der Waals surface area contributed by atoms with Gasteiger partial charge in [-0.3, -0.25) is 4.55 Å². The van der Waals surface area contributed by atoms with Crippen LogP contribution >= 0.6 is 0 Å². The molecule has 0 aromatic carbocycles. The van der Waals surface area contributed by atoms with Gasteiger partial charge in [-0.1, -0.05) is 39.0 Å². The predicted molar refractivity (Wildman–Crippen MR) is 66.7 cm³/mol. The van der Waals surface area contributed by atoms with Crippen molar-refractivity contribution in [1.29, 1.82) is 0 Å². The topological polar surface area (TPSA) is 101 Å². The first-order valence-electron chi connectivity index (χ1n) is 6.13. The van der Waals surface area contributed by atoms with Gasteiger partial charge in [-0.15, -0.1) is 0 Å². The summed E-state index contributed by atoms with van der Waals surface area (Å²) in [5, 5.41) is 8.94. The second kappa shape index (κ2) is 7.70. The fourth-order valence-corrected chi connectivity index (χ4v) is 2.28. The highest BCUT2D eigenvalue weighted by Crippen LogP contribution is 2.22. The molecule has 18 heavy (non-hydrogen) atoms. The third kappa shape index (κ3) is 7.62. The highest BCUT2D eigenvalue weighted by atomic mass is 32.3. The van der Waals surface area contributed by atoms with Gasteiger partial charge in [0.15, 0.2) is 5.60 Å². The summed E-state index contributed by atoms with van der Waals surface area (Å²) in [7, 11) is -4.76. The average Bonchev–Trinajstić information content (AvgIpc) is 2.20. The molecule has 0 aliphatic rings. The fourth-order valence-electron chi connectivity index (χ4n) is 1.66. The standard InChI is InChI=1S/C11H22O6S/c1-3-4-5-6-7-8-9-11(2,10(12)13)17-18(14,15)16/h3-9H2,1-2H3,(H,12,13)(H,14,15,16). The highest BCUT2D eigenvalue weighted by molar-refractivity contribution is 7.81. The lowest BCUT2D eigenvalue weighted by Crippen LogP contribution is -2.40. The Bertz CT molecular complexity index is 351. The van der Waals surface area contributed by atoms with Gasteiger partial charge in [-0.05, 0) is 19.8 Å². The Morgan fingerprint density at radius 3 is 2.11 bits per heavy atom. The summed E-state index contributed by atoms with van der Waals surface area (Å²) in [4.78, 5) is 11.0. The highest BCUT2D eigenvalue weighted by Gasteiger charge is 2.38. The fraction of sp³-hybridized carbons (Fsp3) is 0.909. The van der Waals surface area contributed by atoms with Gasteiger partial charge in [0.05, 0.1) is 0 Å². The number of carboxylic acid groups (broad SMARTS) is 1. The zero-order valence-corrected chi connectivity index (χ0v) is 11.7. The third-order valence-electron chi connectivity index (χ3n) is 2.75. The van der Waals surface area contributed by atoms with E-state index in [2.05, 4.69) is 11.1 Å². The zero-order valence-electron chi connectivity index (χ0n) is 10.9. The molecule has 0 fully saturated rings. The van der Waals surface area contributed by atoms with Crippen LogP contribution < -0.4 is 0 Å². The summed E-state index contributed by atoms with van der Waals surface area (Å²) in [6, 6.07) is 0. The Labute approximate surface area is 108 Å². The van der Waals surface area contributed by atoms with Crippen LogP contribution in [0.4, 0.5) is 0 Å². The summed E-state index contributed by atoms with van der Waals surface area (Å²) in [5.74, 6) is -1.39. The molecule has 108 valence electrons. The lowest BCUT2D eigenvalue weighted by atomic mass is 9.98. The van der Waals surface area contributed by atoms with Crippen LogP contribution in [0.15, 0.2) is 0 Å². The van der Waals surface area contributed by atoms with Crippen molar-refractivity contribution in [3.8, 4) is 0 Å². The molecule has 0 aliphatic heterocycles. The maximum Gasteiger partial charge on any atom is 0.398 e. The molecule has 7 heteroatoms. The number of hydrogen-bond acceptors (Lipinski definition) is 4. The van der Waals surface area contributed by atoms with Crippen molar-refractivity contribution in [3.05, 3.63) is 0 Å². The molecule has 1 atom stereocenters. The molecule has 0 radical (unpaired) electrons. The molecular formula is C11H22O6S. The van der Waals surface area contributed by atoms with Gasteiger partial charge in [0, 0.05) is 0 Å². The van der Waals surface area contributed by atoms with Crippen molar-refractivity contribution < 1.29 is 27.1 Å². The first kappa shape index (κ1) is 17.3. The van der Waals surface area contributed by atoms with E-state index in [1.165, 1.54) is 0 Å². The molecule has 0 spiro atoms. The molecule has 0 amide bonds. The van der Waals surface area contributed by atoms with Crippen molar-refractivity contribution in [2.45, 2.75) is 64.4 Å². The molecule has 0 heterocycles. The van der Waals surface area contributed by atoms with Crippen molar-refractivity contribution >= 4 is 16.4 Å². The van der Waals surface area contributed by atoms with Crippen LogP contribution in [0.1, 0.15) is 58.8 Å². The Morgan fingerprint density at radius 2 is 1.67 bits per heavy atom. The van der Waals surface area contributed by atoms with E-state index in [0.29, 0.717) is 6.42 Å². The van der Waals surface area contributed by atoms with Crippen LogP contribution in [0.2, 0.25) is 0 Å². The Kier molecular flexibility index (Phi) is 7.42. The van der Waals surface area contributed by atoms with Gasteiger partial charge in [-0.25, -0.2) is 8.98 Å². The average molecular weight is 282 g/mol. The molecule has 0 aliphatic carbocycles. The van der Waals surface area contributed by atoms with E-state index in [1.54, 1.807) is 0 Å². The number of carbonyl (C=O) groups is 1. The number of rotatable bonds is 10. The van der Waals surface area contributed by atoms with E-state index in [-0.39, 0.29) is 6.42 Å². The van der Waals surface area contributed by atoms with Crippen LogP contribution in [-0.4, -0.2) is 29.6 Å². The monoisotopic (exact) mass is 282 g/mol. The van der Waals surface area contributed by atoms with Crippen LogP contribution in [0.5, 0.6) is 0 Å². The Morgan fingerprint density at radius 1 is 1.17 bits per heavy atom. The molecule has 0 rings (SSSR count). The van der Waals surface area contributed by atoms with Crippen molar-refractivity contribution in [2.75, 3.05) is 0 Å². The van der Waals surface area contributed by atoms with E-state index in [0.717, 1.165) is 39.0 Å². The molecular weight excluding hydrogens is 260 g/mol. The SMILES string of the molecule is CCCCCCCCC(C)(OS(=O)(=O)O)C(=O)O. The first-order valence-corrected chi connectivity index (χ1v) is 7.49. The molecule has 0 aromatic rings. The summed E-state index contributed by atoms with van der Waals surface area (Å²) in [5.41, 5.74) is -1.89. The van der Waals surface area contributed by atoms with Gasteiger partial charge in [0.25, 0.3) is 0 Å². The Balaban J connectivity index is 4.17. The summed E-state index contributed by atoms with van der Waals surface area (Å²) in [6.07, 6.45) is 5.74. The van der Waals surface area contributed by atoms with E-state index in [9.17, 15) is 13.2 Å². The maximum atomic E-state index is 11.0. The second-order valence-electron chi connectivity index (χ2n) is 4.56. The first-order chi connectivity index (χ1) is 8.21. The lowest BCUT2D eigenvalue weighted by molar-refractivity contribution is -0.154. The van der Waals surface area contributed by atoms with E-state index in [4.69, 9.17) is 9.66 Å². The van der Waals surface area contributed by atoms with Crippen LogP contribution in [0, 0.1) is 0 Å². The second-order valence-corrected chi connectivity index (χ2v) is 5.59. The van der Waals surface area contributed by atoms with Crippen LogP contribution in [0.3, 0.4) is 0 Å². The van der Waals surface area contributed by atoms with Gasteiger partial charge >= 0.3 is 16.4 Å². The van der Waals surface area contributed by atoms with Gasteiger partial charge in [-0.2, -0.15) is 8.42 Å². The minimum Gasteiger partial charge on any atom is -0.479 e. The molecule has 1 unspecified atom stereocenters. The molecule has 0 aromatic heterocycles. The number of unbranched alkanes of at least 4 members (excludes halogenated alkanes) is 5. The number of hydrogen-bond donors (Lipinski definition) is 2. The largest absolute Gasteiger partial charge is 0.479 e. The van der Waals surface area contributed by atoms with E-state index >= 15 is 0 Å². The minimum atomic E-state index is -4.76. The lowest BCUT2D eigenvalue weighted by Gasteiger charge is -2.22. The predicted octanol–water partition coefficient (Wildman–Crippen LogP) is 2.40.